The maximum atomic E-state index is 12.1. The Morgan fingerprint density at radius 3 is 2.95 bits per heavy atom. The molecule has 1 aliphatic rings. The number of hydrogen-bond acceptors (Lipinski definition) is 4. The fraction of sp³-hybridized carbons (Fsp3) is 0.538. The standard InChI is InChI=1S/C13H18N4O3/c1-9-7-10(12(18)19)4-6-17(9)13(20)14-8-11-3-2-5-15-16-11/h2-3,5,9-10H,4,6-8H2,1H3,(H,14,20)(H,18,19). The molecule has 1 fully saturated rings. The SMILES string of the molecule is CC1CC(C(=O)O)CCN1C(=O)NCc1cccnn1. The van der Waals surface area contributed by atoms with Gasteiger partial charge in [0.1, 0.15) is 0 Å². The highest BCUT2D eigenvalue weighted by molar-refractivity contribution is 5.75. The highest BCUT2D eigenvalue weighted by Crippen LogP contribution is 2.22. The summed E-state index contributed by atoms with van der Waals surface area (Å²) in [6.45, 7) is 2.65. The summed E-state index contributed by atoms with van der Waals surface area (Å²) in [6, 6.07) is 3.28. The number of piperidine rings is 1. The van der Waals surface area contributed by atoms with E-state index in [1.165, 1.54) is 0 Å². The van der Waals surface area contributed by atoms with Crippen molar-refractivity contribution in [1.82, 2.24) is 20.4 Å². The minimum Gasteiger partial charge on any atom is -0.481 e. The van der Waals surface area contributed by atoms with Crippen molar-refractivity contribution in [2.24, 2.45) is 5.92 Å². The van der Waals surface area contributed by atoms with Gasteiger partial charge in [0.2, 0.25) is 0 Å². The summed E-state index contributed by atoms with van der Waals surface area (Å²) in [5, 5.41) is 19.4. The number of rotatable bonds is 3. The van der Waals surface area contributed by atoms with E-state index in [1.807, 2.05) is 6.92 Å². The molecule has 0 bridgehead atoms. The molecule has 0 aliphatic carbocycles. The molecule has 2 heterocycles. The average Bonchev–Trinajstić information content (AvgIpc) is 2.45. The molecule has 1 aliphatic heterocycles. The summed E-state index contributed by atoms with van der Waals surface area (Å²) >= 11 is 0. The molecule has 1 saturated heterocycles. The van der Waals surface area contributed by atoms with Crippen LogP contribution < -0.4 is 5.32 Å². The number of carbonyl (C=O) groups is 2. The van der Waals surface area contributed by atoms with Gasteiger partial charge < -0.3 is 15.3 Å². The second-order valence-corrected chi connectivity index (χ2v) is 4.98. The summed E-state index contributed by atoms with van der Waals surface area (Å²) in [5.41, 5.74) is 0.689. The zero-order valence-corrected chi connectivity index (χ0v) is 11.3. The van der Waals surface area contributed by atoms with Gasteiger partial charge in [-0.05, 0) is 31.9 Å². The van der Waals surface area contributed by atoms with Crippen molar-refractivity contribution in [1.29, 1.82) is 0 Å². The van der Waals surface area contributed by atoms with Gasteiger partial charge in [-0.3, -0.25) is 4.79 Å². The Bertz CT molecular complexity index is 480. The highest BCUT2D eigenvalue weighted by atomic mass is 16.4. The summed E-state index contributed by atoms with van der Waals surface area (Å²) in [7, 11) is 0. The Kier molecular flexibility index (Phi) is 4.49. The van der Waals surface area contributed by atoms with Crippen LogP contribution in [0.3, 0.4) is 0 Å². The number of carboxylic acid groups (broad SMARTS) is 1. The van der Waals surface area contributed by atoms with E-state index in [0.717, 1.165) is 0 Å². The van der Waals surface area contributed by atoms with Gasteiger partial charge in [-0.2, -0.15) is 10.2 Å². The Hall–Kier alpha value is -2.18. The smallest absolute Gasteiger partial charge is 0.317 e. The summed E-state index contributed by atoms with van der Waals surface area (Å²) in [5.74, 6) is -1.13. The monoisotopic (exact) mass is 278 g/mol. The lowest BCUT2D eigenvalue weighted by molar-refractivity contribution is -0.143. The van der Waals surface area contributed by atoms with Crippen LogP contribution in [0.5, 0.6) is 0 Å². The van der Waals surface area contributed by atoms with Gasteiger partial charge >= 0.3 is 12.0 Å². The molecule has 2 N–H and O–H groups in total. The first-order valence-electron chi connectivity index (χ1n) is 6.61. The second-order valence-electron chi connectivity index (χ2n) is 4.98. The van der Waals surface area contributed by atoms with Gasteiger partial charge in [0.25, 0.3) is 0 Å². The first-order chi connectivity index (χ1) is 9.58. The molecule has 108 valence electrons. The molecule has 20 heavy (non-hydrogen) atoms. The topological polar surface area (TPSA) is 95.4 Å². The first kappa shape index (κ1) is 14.2. The Balaban J connectivity index is 1.85. The highest BCUT2D eigenvalue weighted by Gasteiger charge is 2.32. The number of urea groups is 1. The summed E-state index contributed by atoms with van der Waals surface area (Å²) < 4.78 is 0. The summed E-state index contributed by atoms with van der Waals surface area (Å²) in [6.07, 6.45) is 2.57. The Morgan fingerprint density at radius 2 is 2.35 bits per heavy atom. The predicted molar refractivity (Wildman–Crippen MR) is 70.8 cm³/mol. The van der Waals surface area contributed by atoms with E-state index >= 15 is 0 Å². The Morgan fingerprint density at radius 1 is 1.55 bits per heavy atom. The minimum atomic E-state index is -0.781. The summed E-state index contributed by atoms with van der Waals surface area (Å²) in [4.78, 5) is 24.7. The molecule has 7 nitrogen and oxygen atoms in total. The number of nitrogens with one attached hydrogen (secondary N) is 1. The van der Waals surface area contributed by atoms with Crippen LogP contribution in [0.1, 0.15) is 25.5 Å². The van der Waals surface area contributed by atoms with Crippen LogP contribution in [0.2, 0.25) is 0 Å². The number of carboxylic acids is 1. The van der Waals surface area contributed by atoms with Gasteiger partial charge in [0.05, 0.1) is 18.2 Å². The molecule has 1 aromatic rings. The second kappa shape index (κ2) is 6.31. The van der Waals surface area contributed by atoms with Crippen LogP contribution in [0.4, 0.5) is 4.79 Å². The maximum Gasteiger partial charge on any atom is 0.317 e. The number of carbonyl (C=O) groups excluding carboxylic acids is 1. The van der Waals surface area contributed by atoms with Crippen molar-refractivity contribution in [2.75, 3.05) is 6.54 Å². The van der Waals surface area contributed by atoms with E-state index < -0.39 is 5.97 Å². The lowest BCUT2D eigenvalue weighted by Gasteiger charge is -2.36. The van der Waals surface area contributed by atoms with Gasteiger partial charge in [-0.1, -0.05) is 0 Å². The fourth-order valence-electron chi connectivity index (χ4n) is 2.39. The van der Waals surface area contributed by atoms with Gasteiger partial charge in [-0.15, -0.1) is 0 Å². The number of nitrogens with zero attached hydrogens (tertiary/aromatic N) is 3. The molecular weight excluding hydrogens is 260 g/mol. The number of aliphatic carboxylic acids is 1. The third-order valence-corrected chi connectivity index (χ3v) is 3.53. The average molecular weight is 278 g/mol. The van der Waals surface area contributed by atoms with Crippen molar-refractivity contribution >= 4 is 12.0 Å². The molecule has 2 rings (SSSR count). The molecule has 0 saturated carbocycles. The van der Waals surface area contributed by atoms with E-state index in [9.17, 15) is 9.59 Å². The van der Waals surface area contributed by atoms with Crippen molar-refractivity contribution in [3.8, 4) is 0 Å². The van der Waals surface area contributed by atoms with Gasteiger partial charge in [-0.25, -0.2) is 4.79 Å². The van der Waals surface area contributed by atoms with E-state index in [0.29, 0.717) is 31.6 Å². The predicted octanol–water partition coefficient (Wildman–Crippen LogP) is 0.871. The first-order valence-corrected chi connectivity index (χ1v) is 6.61. The van der Waals surface area contributed by atoms with Crippen molar-refractivity contribution < 1.29 is 14.7 Å². The third kappa shape index (κ3) is 3.43. The number of aromatic nitrogens is 2. The molecule has 0 radical (unpaired) electrons. The number of hydrogen-bond donors (Lipinski definition) is 2. The van der Waals surface area contributed by atoms with E-state index in [4.69, 9.17) is 5.11 Å². The Labute approximate surface area is 117 Å². The number of amides is 2. The van der Waals surface area contributed by atoms with E-state index in [1.54, 1.807) is 23.2 Å². The van der Waals surface area contributed by atoms with Crippen LogP contribution in [-0.4, -0.2) is 44.8 Å². The van der Waals surface area contributed by atoms with Crippen LogP contribution in [-0.2, 0) is 11.3 Å². The lowest BCUT2D eigenvalue weighted by Crippen LogP contribution is -2.50. The molecule has 1 aromatic heterocycles. The van der Waals surface area contributed by atoms with Crippen LogP contribution in [0, 0.1) is 5.92 Å². The minimum absolute atomic E-state index is 0.0771. The quantitative estimate of drug-likeness (QED) is 0.855. The van der Waals surface area contributed by atoms with Crippen LogP contribution in [0.25, 0.3) is 0 Å². The normalized spacial score (nSPS) is 22.4. The molecule has 2 amide bonds. The van der Waals surface area contributed by atoms with Crippen molar-refractivity contribution in [2.45, 2.75) is 32.4 Å². The zero-order chi connectivity index (χ0) is 14.5. The molecule has 7 heteroatoms. The van der Waals surface area contributed by atoms with Crippen molar-refractivity contribution in [3.05, 3.63) is 24.0 Å². The largest absolute Gasteiger partial charge is 0.481 e. The lowest BCUT2D eigenvalue weighted by atomic mass is 9.92. The van der Waals surface area contributed by atoms with E-state index in [-0.39, 0.29) is 18.0 Å². The number of likely N-dealkylation sites (tertiary alicyclic amines) is 1. The fourth-order valence-corrected chi connectivity index (χ4v) is 2.39. The van der Waals surface area contributed by atoms with Crippen LogP contribution in [0.15, 0.2) is 18.3 Å². The van der Waals surface area contributed by atoms with E-state index in [2.05, 4.69) is 15.5 Å². The maximum absolute atomic E-state index is 12.1. The third-order valence-electron chi connectivity index (χ3n) is 3.53. The molecule has 0 spiro atoms. The van der Waals surface area contributed by atoms with Crippen LogP contribution >= 0.6 is 0 Å². The molecule has 2 unspecified atom stereocenters. The van der Waals surface area contributed by atoms with Gasteiger partial charge in [0, 0.05) is 18.8 Å². The van der Waals surface area contributed by atoms with Crippen molar-refractivity contribution in [3.63, 3.8) is 0 Å². The zero-order valence-electron chi connectivity index (χ0n) is 11.3. The molecule has 2 atom stereocenters. The van der Waals surface area contributed by atoms with Gasteiger partial charge in [0.15, 0.2) is 0 Å². The molecular formula is C13H18N4O3. The molecule has 0 aromatic carbocycles.